The van der Waals surface area contributed by atoms with Gasteiger partial charge < -0.3 is 15.4 Å². The molecule has 1 aliphatic carbocycles. The second-order valence-electron chi connectivity index (χ2n) is 4.93. The van der Waals surface area contributed by atoms with E-state index in [0.717, 1.165) is 25.0 Å². The first-order valence-electron chi connectivity index (χ1n) is 6.08. The lowest BCUT2D eigenvalue weighted by atomic mass is 9.95. The Morgan fingerprint density at radius 2 is 2.07 bits per heavy atom. The van der Waals surface area contributed by atoms with E-state index in [1.54, 1.807) is 7.11 Å². The lowest BCUT2D eigenvalue weighted by Crippen LogP contribution is -2.38. The van der Waals surface area contributed by atoms with Crippen LogP contribution in [0.1, 0.15) is 26.2 Å². The molecular formula is C12H26N2O. The van der Waals surface area contributed by atoms with E-state index in [4.69, 9.17) is 10.5 Å². The zero-order chi connectivity index (χ0) is 11.3. The van der Waals surface area contributed by atoms with Gasteiger partial charge in [0.1, 0.15) is 0 Å². The van der Waals surface area contributed by atoms with Gasteiger partial charge >= 0.3 is 0 Å². The second-order valence-corrected chi connectivity index (χ2v) is 4.93. The van der Waals surface area contributed by atoms with E-state index in [1.165, 1.54) is 25.8 Å². The minimum absolute atomic E-state index is 0.508. The molecule has 0 aromatic rings. The molecule has 15 heavy (non-hydrogen) atoms. The Morgan fingerprint density at radius 1 is 1.40 bits per heavy atom. The van der Waals surface area contributed by atoms with Crippen LogP contribution in [0.3, 0.4) is 0 Å². The first-order valence-corrected chi connectivity index (χ1v) is 6.08. The van der Waals surface area contributed by atoms with Crippen molar-refractivity contribution in [2.24, 2.45) is 17.6 Å². The van der Waals surface area contributed by atoms with Crippen LogP contribution in [-0.4, -0.2) is 44.8 Å². The third kappa shape index (κ3) is 3.74. The molecule has 3 heteroatoms. The van der Waals surface area contributed by atoms with E-state index in [9.17, 15) is 0 Å². The number of nitrogens with zero attached hydrogens (tertiary/aromatic N) is 1. The summed E-state index contributed by atoms with van der Waals surface area (Å²) in [5.74, 6) is 1.56. The summed E-state index contributed by atoms with van der Waals surface area (Å²) in [5, 5.41) is 0. The Kier molecular flexibility index (Phi) is 5.58. The summed E-state index contributed by atoms with van der Waals surface area (Å²) in [6.07, 6.45) is 4.04. The van der Waals surface area contributed by atoms with Crippen LogP contribution >= 0.6 is 0 Å². The molecule has 1 saturated carbocycles. The fourth-order valence-corrected chi connectivity index (χ4v) is 2.58. The summed E-state index contributed by atoms with van der Waals surface area (Å²) in [6, 6.07) is 0.508. The largest absolute Gasteiger partial charge is 0.383 e. The van der Waals surface area contributed by atoms with Crippen molar-refractivity contribution < 1.29 is 4.74 Å². The number of methoxy groups -OCH3 is 1. The first-order chi connectivity index (χ1) is 7.19. The Bertz CT molecular complexity index is 175. The average molecular weight is 214 g/mol. The van der Waals surface area contributed by atoms with E-state index >= 15 is 0 Å². The maximum Gasteiger partial charge on any atom is 0.0615 e. The summed E-state index contributed by atoms with van der Waals surface area (Å²) in [5.41, 5.74) is 5.79. The monoisotopic (exact) mass is 214 g/mol. The summed E-state index contributed by atoms with van der Waals surface area (Å²) < 4.78 is 5.18. The Hall–Kier alpha value is -0.120. The van der Waals surface area contributed by atoms with E-state index in [-0.39, 0.29) is 0 Å². The molecular weight excluding hydrogens is 188 g/mol. The van der Waals surface area contributed by atoms with E-state index in [1.807, 2.05) is 0 Å². The topological polar surface area (TPSA) is 38.5 Å². The molecule has 0 aromatic heterocycles. The number of ether oxygens (including phenoxy) is 1. The van der Waals surface area contributed by atoms with Crippen molar-refractivity contribution in [1.82, 2.24) is 4.90 Å². The van der Waals surface area contributed by atoms with Gasteiger partial charge in [0.05, 0.1) is 6.61 Å². The van der Waals surface area contributed by atoms with Crippen LogP contribution in [-0.2, 0) is 4.74 Å². The van der Waals surface area contributed by atoms with Gasteiger partial charge in [-0.15, -0.1) is 0 Å². The fourth-order valence-electron chi connectivity index (χ4n) is 2.58. The molecule has 3 nitrogen and oxygen atoms in total. The van der Waals surface area contributed by atoms with Crippen molar-refractivity contribution in [2.45, 2.75) is 32.2 Å². The van der Waals surface area contributed by atoms with E-state index < -0.39 is 0 Å². The predicted octanol–water partition coefficient (Wildman–Crippen LogP) is 1.33. The quantitative estimate of drug-likeness (QED) is 0.725. The number of hydrogen-bond acceptors (Lipinski definition) is 3. The summed E-state index contributed by atoms with van der Waals surface area (Å²) in [4.78, 5) is 2.40. The van der Waals surface area contributed by atoms with Gasteiger partial charge in [0.25, 0.3) is 0 Å². The van der Waals surface area contributed by atoms with E-state index in [0.29, 0.717) is 6.04 Å². The van der Waals surface area contributed by atoms with Crippen LogP contribution in [0, 0.1) is 11.8 Å². The molecule has 3 unspecified atom stereocenters. The molecule has 0 spiro atoms. The highest BCUT2D eigenvalue weighted by molar-refractivity contribution is 4.81. The molecule has 3 atom stereocenters. The van der Waals surface area contributed by atoms with Crippen LogP contribution in [0.5, 0.6) is 0 Å². The molecule has 0 aromatic carbocycles. The third-order valence-corrected chi connectivity index (χ3v) is 3.80. The van der Waals surface area contributed by atoms with Gasteiger partial charge in [0.2, 0.25) is 0 Å². The maximum absolute atomic E-state index is 5.79. The highest BCUT2D eigenvalue weighted by Crippen LogP contribution is 2.31. The smallest absolute Gasteiger partial charge is 0.0615 e. The van der Waals surface area contributed by atoms with Crippen molar-refractivity contribution in [2.75, 3.05) is 33.9 Å². The van der Waals surface area contributed by atoms with Gasteiger partial charge in [-0.3, -0.25) is 0 Å². The number of nitrogens with two attached hydrogens (primary N) is 1. The Labute approximate surface area is 94.0 Å². The zero-order valence-electron chi connectivity index (χ0n) is 10.4. The normalized spacial score (nSPS) is 28.6. The van der Waals surface area contributed by atoms with Crippen LogP contribution in [0.4, 0.5) is 0 Å². The van der Waals surface area contributed by atoms with Gasteiger partial charge in [0.15, 0.2) is 0 Å². The molecule has 1 aliphatic rings. The van der Waals surface area contributed by atoms with Crippen molar-refractivity contribution in [1.29, 1.82) is 0 Å². The molecule has 1 rings (SSSR count). The standard InChI is InChI=1S/C12H26N2O/c1-10(9-15-3)14(2)8-12-6-4-5-11(12)7-13/h10-12H,4-9,13H2,1-3H3. The minimum atomic E-state index is 0.508. The highest BCUT2D eigenvalue weighted by Gasteiger charge is 2.27. The molecule has 0 aliphatic heterocycles. The number of hydrogen-bond donors (Lipinski definition) is 1. The van der Waals surface area contributed by atoms with Crippen LogP contribution in [0.25, 0.3) is 0 Å². The second kappa shape index (κ2) is 6.46. The molecule has 0 bridgehead atoms. The fraction of sp³-hybridized carbons (Fsp3) is 1.00. The van der Waals surface area contributed by atoms with Gasteiger partial charge in [0, 0.05) is 19.7 Å². The Balaban J connectivity index is 2.33. The van der Waals surface area contributed by atoms with E-state index in [2.05, 4.69) is 18.9 Å². The van der Waals surface area contributed by atoms with Crippen molar-refractivity contribution in [3.63, 3.8) is 0 Å². The summed E-state index contributed by atoms with van der Waals surface area (Å²) >= 11 is 0. The summed E-state index contributed by atoms with van der Waals surface area (Å²) in [7, 11) is 3.96. The van der Waals surface area contributed by atoms with Crippen molar-refractivity contribution >= 4 is 0 Å². The molecule has 0 heterocycles. The van der Waals surface area contributed by atoms with Crippen LogP contribution in [0.2, 0.25) is 0 Å². The van der Waals surface area contributed by atoms with Gasteiger partial charge in [-0.05, 0) is 45.2 Å². The minimum Gasteiger partial charge on any atom is -0.383 e. The van der Waals surface area contributed by atoms with Gasteiger partial charge in [-0.2, -0.15) is 0 Å². The molecule has 2 N–H and O–H groups in total. The highest BCUT2D eigenvalue weighted by atomic mass is 16.5. The van der Waals surface area contributed by atoms with Crippen LogP contribution in [0.15, 0.2) is 0 Å². The zero-order valence-corrected chi connectivity index (χ0v) is 10.4. The number of likely N-dealkylation sites (N-methyl/N-ethyl adjacent to an activating group) is 1. The average Bonchev–Trinajstić information content (AvgIpc) is 2.65. The molecule has 1 fully saturated rings. The third-order valence-electron chi connectivity index (χ3n) is 3.80. The maximum atomic E-state index is 5.79. The van der Waals surface area contributed by atoms with Crippen LogP contribution < -0.4 is 5.73 Å². The van der Waals surface area contributed by atoms with Gasteiger partial charge in [-0.25, -0.2) is 0 Å². The molecule has 90 valence electrons. The lowest BCUT2D eigenvalue weighted by Gasteiger charge is -2.29. The lowest BCUT2D eigenvalue weighted by molar-refractivity contribution is 0.101. The predicted molar refractivity (Wildman–Crippen MR) is 63.9 cm³/mol. The van der Waals surface area contributed by atoms with Gasteiger partial charge in [-0.1, -0.05) is 6.42 Å². The summed E-state index contributed by atoms with van der Waals surface area (Å²) in [6.45, 7) is 5.07. The SMILES string of the molecule is COCC(C)N(C)CC1CCCC1CN. The number of rotatable bonds is 6. The van der Waals surface area contributed by atoms with Crippen molar-refractivity contribution in [3.8, 4) is 0 Å². The van der Waals surface area contributed by atoms with Crippen molar-refractivity contribution in [3.05, 3.63) is 0 Å². The molecule has 0 radical (unpaired) electrons. The Morgan fingerprint density at radius 3 is 2.67 bits per heavy atom. The molecule has 0 saturated heterocycles. The first kappa shape index (κ1) is 12.9. The molecule has 0 amide bonds.